The van der Waals surface area contributed by atoms with Crippen LogP contribution in [0.3, 0.4) is 0 Å². The van der Waals surface area contributed by atoms with Crippen LogP contribution in [0.15, 0.2) is 29.2 Å². The van der Waals surface area contributed by atoms with Gasteiger partial charge in [-0.2, -0.15) is 0 Å². The van der Waals surface area contributed by atoms with Gasteiger partial charge < -0.3 is 0 Å². The minimum atomic E-state index is -0.128. The Hall–Kier alpha value is -1.20. The van der Waals surface area contributed by atoms with Crippen molar-refractivity contribution in [3.8, 4) is 12.3 Å². The predicted molar refractivity (Wildman–Crippen MR) is 65.1 cm³/mol. The first kappa shape index (κ1) is 9.99. The van der Waals surface area contributed by atoms with Gasteiger partial charge in [-0.15, -0.1) is 6.42 Å². The SMILES string of the molecule is C#C[C@@]1(C)C[C@@H]2C(=O)Sc3ccccc3[C@@H]21. The van der Waals surface area contributed by atoms with E-state index >= 15 is 0 Å². The van der Waals surface area contributed by atoms with E-state index in [1.807, 2.05) is 18.2 Å². The van der Waals surface area contributed by atoms with Gasteiger partial charge in [-0.3, -0.25) is 4.79 Å². The molecule has 0 amide bonds. The number of benzene rings is 1. The van der Waals surface area contributed by atoms with Crippen molar-refractivity contribution in [2.45, 2.75) is 24.2 Å². The molecule has 0 saturated heterocycles. The summed E-state index contributed by atoms with van der Waals surface area (Å²) in [5.74, 6) is 3.26. The lowest BCUT2D eigenvalue weighted by molar-refractivity contribution is -0.121. The van der Waals surface area contributed by atoms with Gasteiger partial charge in [-0.1, -0.05) is 35.9 Å². The molecular formula is C14H12OS. The Labute approximate surface area is 99.6 Å². The molecule has 3 atom stereocenters. The van der Waals surface area contributed by atoms with Crippen LogP contribution in [-0.2, 0) is 4.79 Å². The van der Waals surface area contributed by atoms with E-state index in [1.54, 1.807) is 0 Å². The molecule has 2 aliphatic rings. The number of rotatable bonds is 0. The predicted octanol–water partition coefficient (Wildman–Crippen LogP) is 3.06. The quantitative estimate of drug-likeness (QED) is 0.635. The maximum atomic E-state index is 11.9. The second kappa shape index (κ2) is 3.15. The molecule has 1 fully saturated rings. The van der Waals surface area contributed by atoms with Crippen LogP contribution in [0.1, 0.15) is 24.8 Å². The zero-order chi connectivity index (χ0) is 11.3. The Morgan fingerprint density at radius 1 is 1.50 bits per heavy atom. The minimum absolute atomic E-state index is 0.128. The Kier molecular flexibility index (Phi) is 1.96. The van der Waals surface area contributed by atoms with Crippen molar-refractivity contribution in [2.75, 3.05) is 0 Å². The average molecular weight is 228 g/mol. The van der Waals surface area contributed by atoms with Gasteiger partial charge in [0.25, 0.3) is 0 Å². The van der Waals surface area contributed by atoms with Crippen molar-refractivity contribution in [2.24, 2.45) is 11.3 Å². The minimum Gasteiger partial charge on any atom is -0.287 e. The van der Waals surface area contributed by atoms with Gasteiger partial charge in [-0.05, 0) is 25.0 Å². The lowest BCUT2D eigenvalue weighted by Crippen LogP contribution is -2.47. The van der Waals surface area contributed by atoms with E-state index in [-0.39, 0.29) is 22.4 Å². The van der Waals surface area contributed by atoms with Crippen molar-refractivity contribution in [1.29, 1.82) is 0 Å². The molecule has 80 valence electrons. The molecule has 1 aromatic rings. The molecule has 0 radical (unpaired) electrons. The number of fused-ring (bicyclic) bond motifs is 3. The second-order valence-corrected chi connectivity index (χ2v) is 5.86. The Morgan fingerprint density at radius 3 is 3.00 bits per heavy atom. The normalized spacial score (nSPS) is 35.6. The van der Waals surface area contributed by atoms with Crippen LogP contribution >= 0.6 is 11.8 Å². The molecule has 2 heteroatoms. The van der Waals surface area contributed by atoms with Crippen LogP contribution in [0.4, 0.5) is 0 Å². The van der Waals surface area contributed by atoms with Crippen molar-refractivity contribution in [3.05, 3.63) is 29.8 Å². The molecule has 1 heterocycles. The first-order valence-electron chi connectivity index (χ1n) is 5.44. The van der Waals surface area contributed by atoms with E-state index in [0.717, 1.165) is 11.3 Å². The number of carbonyl (C=O) groups is 1. The van der Waals surface area contributed by atoms with Gasteiger partial charge in [0.15, 0.2) is 5.12 Å². The average Bonchev–Trinajstić information content (AvgIpc) is 2.27. The fourth-order valence-corrected chi connectivity index (χ4v) is 3.97. The van der Waals surface area contributed by atoms with E-state index < -0.39 is 0 Å². The van der Waals surface area contributed by atoms with Crippen molar-refractivity contribution >= 4 is 16.9 Å². The van der Waals surface area contributed by atoms with Gasteiger partial charge in [0.1, 0.15) is 0 Å². The molecule has 1 saturated carbocycles. The summed E-state index contributed by atoms with van der Waals surface area (Å²) in [6.07, 6.45) is 6.45. The van der Waals surface area contributed by atoms with Crippen LogP contribution in [-0.4, -0.2) is 5.12 Å². The lowest BCUT2D eigenvalue weighted by Gasteiger charge is -2.52. The standard InChI is InChI=1S/C14H12OS/c1-3-14(2)8-10-12(14)9-6-4-5-7-11(9)16-13(10)15/h1,4-7,10,12H,8H2,2H3/t10-,12-,14-/m0/s1. The highest BCUT2D eigenvalue weighted by molar-refractivity contribution is 8.13. The number of hydrogen-bond donors (Lipinski definition) is 0. The Balaban J connectivity index is 2.13. The topological polar surface area (TPSA) is 17.1 Å². The van der Waals surface area contributed by atoms with E-state index in [9.17, 15) is 4.79 Å². The van der Waals surface area contributed by atoms with Crippen molar-refractivity contribution in [1.82, 2.24) is 0 Å². The van der Waals surface area contributed by atoms with Gasteiger partial charge >= 0.3 is 0 Å². The third kappa shape index (κ3) is 1.13. The molecule has 0 spiro atoms. The molecule has 16 heavy (non-hydrogen) atoms. The Bertz CT molecular complexity index is 514. The molecule has 0 N–H and O–H groups in total. The Morgan fingerprint density at radius 2 is 2.25 bits per heavy atom. The third-order valence-electron chi connectivity index (χ3n) is 3.83. The van der Waals surface area contributed by atoms with Crippen LogP contribution in [0.2, 0.25) is 0 Å². The fraction of sp³-hybridized carbons (Fsp3) is 0.357. The van der Waals surface area contributed by atoms with E-state index in [2.05, 4.69) is 18.9 Å². The molecule has 0 unspecified atom stereocenters. The molecule has 0 bridgehead atoms. The highest BCUT2D eigenvalue weighted by atomic mass is 32.2. The van der Waals surface area contributed by atoms with Crippen molar-refractivity contribution < 1.29 is 4.79 Å². The summed E-state index contributed by atoms with van der Waals surface area (Å²) in [6, 6.07) is 8.14. The van der Waals surface area contributed by atoms with Crippen LogP contribution < -0.4 is 0 Å². The maximum Gasteiger partial charge on any atom is 0.197 e. The molecule has 1 nitrogen and oxygen atoms in total. The van der Waals surface area contributed by atoms with Crippen molar-refractivity contribution in [3.63, 3.8) is 0 Å². The lowest BCUT2D eigenvalue weighted by atomic mass is 9.53. The summed E-state index contributed by atoms with van der Waals surface area (Å²) >= 11 is 1.38. The molecule has 3 rings (SSSR count). The highest BCUT2D eigenvalue weighted by Gasteiger charge is 2.56. The zero-order valence-electron chi connectivity index (χ0n) is 9.07. The summed E-state index contributed by atoms with van der Waals surface area (Å²) in [4.78, 5) is 13.0. The van der Waals surface area contributed by atoms with Crippen LogP contribution in [0.5, 0.6) is 0 Å². The highest BCUT2D eigenvalue weighted by Crippen LogP contribution is 2.62. The van der Waals surface area contributed by atoms with E-state index in [0.29, 0.717) is 0 Å². The third-order valence-corrected chi connectivity index (χ3v) is 4.93. The van der Waals surface area contributed by atoms with Gasteiger partial charge in [0, 0.05) is 22.1 Å². The van der Waals surface area contributed by atoms with E-state index in [4.69, 9.17) is 6.42 Å². The molecule has 1 aliphatic heterocycles. The number of carbonyl (C=O) groups excluding carboxylic acids is 1. The summed E-state index contributed by atoms with van der Waals surface area (Å²) in [5.41, 5.74) is 1.14. The number of hydrogen-bond acceptors (Lipinski definition) is 2. The molecule has 0 aromatic heterocycles. The number of terminal acetylenes is 1. The molecule has 1 aromatic carbocycles. The zero-order valence-corrected chi connectivity index (χ0v) is 9.88. The maximum absolute atomic E-state index is 11.9. The monoisotopic (exact) mass is 228 g/mol. The first-order valence-corrected chi connectivity index (χ1v) is 6.26. The van der Waals surface area contributed by atoms with Gasteiger partial charge in [0.2, 0.25) is 0 Å². The summed E-state index contributed by atoms with van der Waals surface area (Å²) in [7, 11) is 0. The van der Waals surface area contributed by atoms with Gasteiger partial charge in [-0.25, -0.2) is 0 Å². The second-order valence-electron chi connectivity index (χ2n) is 4.81. The van der Waals surface area contributed by atoms with E-state index in [1.165, 1.54) is 17.3 Å². The summed E-state index contributed by atoms with van der Waals surface area (Å²) in [6.45, 7) is 2.09. The first-order chi connectivity index (χ1) is 7.65. The molecular weight excluding hydrogens is 216 g/mol. The summed E-state index contributed by atoms with van der Waals surface area (Å²) in [5, 5.41) is 0.288. The smallest absolute Gasteiger partial charge is 0.197 e. The number of thioether (sulfide) groups is 1. The van der Waals surface area contributed by atoms with Crippen LogP contribution in [0.25, 0.3) is 0 Å². The molecule has 1 aliphatic carbocycles. The van der Waals surface area contributed by atoms with Crippen LogP contribution in [0, 0.1) is 23.7 Å². The summed E-state index contributed by atoms with van der Waals surface area (Å²) < 4.78 is 0. The largest absolute Gasteiger partial charge is 0.287 e. The van der Waals surface area contributed by atoms with Gasteiger partial charge in [0.05, 0.1) is 0 Å². The fourth-order valence-electron chi connectivity index (χ4n) is 2.93.